The molecule has 0 aliphatic rings. The second-order valence-corrected chi connectivity index (χ2v) is 8.06. The summed E-state index contributed by atoms with van der Waals surface area (Å²) in [5, 5.41) is 17.5. The molecule has 0 unspecified atom stereocenters. The number of nitrogen functional groups attached to an aromatic ring is 1. The largest absolute Gasteiger partial charge is 0.465 e. The molecule has 4 aromatic rings. The van der Waals surface area contributed by atoms with Gasteiger partial charge < -0.3 is 15.8 Å². The molecule has 3 N–H and O–H groups in total. The predicted octanol–water partition coefficient (Wildman–Crippen LogP) is 4.46. The van der Waals surface area contributed by atoms with Crippen LogP contribution in [0.25, 0.3) is 5.69 Å². The normalized spacial score (nSPS) is 10.5. The lowest BCUT2D eigenvalue weighted by Crippen LogP contribution is -2.05. The van der Waals surface area contributed by atoms with Gasteiger partial charge in [0, 0.05) is 0 Å². The lowest BCUT2D eigenvalue weighted by Gasteiger charge is -2.09. The van der Waals surface area contributed by atoms with Gasteiger partial charge in [0.2, 0.25) is 5.78 Å². The Morgan fingerprint density at radius 2 is 1.82 bits per heavy atom. The zero-order valence-electron chi connectivity index (χ0n) is 17.8. The first-order valence-corrected chi connectivity index (χ1v) is 10.7. The summed E-state index contributed by atoms with van der Waals surface area (Å²) < 4.78 is 6.49. The fourth-order valence-electron chi connectivity index (χ4n) is 3.40. The molecule has 0 aliphatic heterocycles. The predicted molar refractivity (Wildman–Crippen MR) is 126 cm³/mol. The number of hydrogen-bond donors (Lipinski definition) is 2. The van der Waals surface area contributed by atoms with Gasteiger partial charge in [-0.3, -0.25) is 4.79 Å². The number of nitrogens with one attached hydrogen (secondary N) is 1. The van der Waals surface area contributed by atoms with Crippen LogP contribution in [0.1, 0.15) is 36.9 Å². The van der Waals surface area contributed by atoms with Crippen LogP contribution in [0.5, 0.6) is 0 Å². The number of nitrogens with two attached hydrogens (primary N) is 1. The zero-order chi connectivity index (χ0) is 23.5. The molecule has 8 nitrogen and oxygen atoms in total. The van der Waals surface area contributed by atoms with Crippen LogP contribution in [0.4, 0.5) is 16.4 Å². The molecule has 0 radical (unpaired) electrons. The van der Waals surface area contributed by atoms with E-state index >= 15 is 0 Å². The van der Waals surface area contributed by atoms with Crippen LogP contribution >= 0.6 is 11.3 Å². The van der Waals surface area contributed by atoms with E-state index in [1.807, 2.05) is 30.3 Å². The Labute approximate surface area is 193 Å². The van der Waals surface area contributed by atoms with Gasteiger partial charge in [-0.25, -0.2) is 9.48 Å². The Balaban J connectivity index is 1.72. The standard InChI is InChI=1S/C24H19N5O3S/c1-14-18(13-27-29(14)15-8-4-3-5-9-15)21(30)22-20(26)17(12-25)23(33-22)28-19-11-7-6-10-16(19)24(31)32-2/h3-11,13,28H,26H2,1-2H3. The van der Waals surface area contributed by atoms with Gasteiger partial charge in [0.25, 0.3) is 0 Å². The highest BCUT2D eigenvalue weighted by Crippen LogP contribution is 2.39. The maximum Gasteiger partial charge on any atom is 0.339 e. The monoisotopic (exact) mass is 457 g/mol. The number of carbonyl (C=O) groups excluding carboxylic acids is 2. The quantitative estimate of drug-likeness (QED) is 0.324. The fourth-order valence-corrected chi connectivity index (χ4v) is 4.44. The van der Waals surface area contributed by atoms with Crippen molar-refractivity contribution in [3.8, 4) is 11.8 Å². The molecule has 0 bridgehead atoms. The minimum Gasteiger partial charge on any atom is -0.465 e. The average molecular weight is 458 g/mol. The molecule has 4 rings (SSSR count). The van der Waals surface area contributed by atoms with Gasteiger partial charge in [0.15, 0.2) is 0 Å². The summed E-state index contributed by atoms with van der Waals surface area (Å²) in [5.74, 6) is -0.857. The highest BCUT2D eigenvalue weighted by atomic mass is 32.1. The molecule has 0 atom stereocenters. The molecule has 0 saturated carbocycles. The number of ketones is 1. The van der Waals surface area contributed by atoms with Crippen LogP contribution in [-0.2, 0) is 4.74 Å². The number of thiophene rings is 1. The van der Waals surface area contributed by atoms with Crippen molar-refractivity contribution in [2.75, 3.05) is 18.2 Å². The number of rotatable bonds is 6. The van der Waals surface area contributed by atoms with Crippen molar-refractivity contribution >= 4 is 39.5 Å². The van der Waals surface area contributed by atoms with Crippen LogP contribution < -0.4 is 11.1 Å². The third-order valence-electron chi connectivity index (χ3n) is 5.10. The second-order valence-electron chi connectivity index (χ2n) is 7.04. The van der Waals surface area contributed by atoms with Crippen molar-refractivity contribution in [3.63, 3.8) is 0 Å². The highest BCUT2D eigenvalue weighted by molar-refractivity contribution is 7.19. The molecular weight excluding hydrogens is 438 g/mol. The summed E-state index contributed by atoms with van der Waals surface area (Å²) in [5.41, 5.74) is 9.03. The van der Waals surface area contributed by atoms with Crippen molar-refractivity contribution < 1.29 is 14.3 Å². The van der Waals surface area contributed by atoms with E-state index in [1.54, 1.807) is 35.9 Å². The van der Waals surface area contributed by atoms with Crippen LogP contribution in [0.15, 0.2) is 60.8 Å². The van der Waals surface area contributed by atoms with E-state index < -0.39 is 5.97 Å². The average Bonchev–Trinajstić information content (AvgIpc) is 3.38. The van der Waals surface area contributed by atoms with Gasteiger partial charge in [-0.15, -0.1) is 11.3 Å². The molecular formula is C24H19N5O3S. The van der Waals surface area contributed by atoms with Crippen molar-refractivity contribution in [1.29, 1.82) is 5.26 Å². The Morgan fingerprint density at radius 1 is 1.12 bits per heavy atom. The summed E-state index contributed by atoms with van der Waals surface area (Å²) in [6.07, 6.45) is 1.50. The maximum atomic E-state index is 13.4. The first kappa shape index (κ1) is 21.8. The number of carbonyl (C=O) groups is 2. The Kier molecular flexibility index (Phi) is 5.93. The van der Waals surface area contributed by atoms with Gasteiger partial charge in [-0.2, -0.15) is 10.4 Å². The topological polar surface area (TPSA) is 123 Å². The molecule has 0 spiro atoms. The molecule has 33 heavy (non-hydrogen) atoms. The third-order valence-corrected chi connectivity index (χ3v) is 6.22. The summed E-state index contributed by atoms with van der Waals surface area (Å²) in [6, 6.07) is 18.2. The maximum absolute atomic E-state index is 13.4. The minimum absolute atomic E-state index is 0.0809. The van der Waals surface area contributed by atoms with E-state index in [4.69, 9.17) is 10.5 Å². The molecule has 0 amide bonds. The van der Waals surface area contributed by atoms with Gasteiger partial charge in [0.05, 0.1) is 47.2 Å². The Hall–Kier alpha value is -4.42. The van der Waals surface area contributed by atoms with Crippen molar-refractivity contribution in [2.24, 2.45) is 0 Å². The van der Waals surface area contributed by atoms with Crippen LogP contribution in [0.3, 0.4) is 0 Å². The molecule has 9 heteroatoms. The zero-order valence-corrected chi connectivity index (χ0v) is 18.6. The Morgan fingerprint density at radius 3 is 2.52 bits per heavy atom. The van der Waals surface area contributed by atoms with Crippen LogP contribution in [0.2, 0.25) is 0 Å². The van der Waals surface area contributed by atoms with Crippen LogP contribution in [0, 0.1) is 18.3 Å². The number of esters is 1. The minimum atomic E-state index is -0.526. The van der Waals surface area contributed by atoms with E-state index in [0.29, 0.717) is 27.5 Å². The third kappa shape index (κ3) is 3.95. The first-order valence-electron chi connectivity index (χ1n) is 9.87. The smallest absolute Gasteiger partial charge is 0.339 e. The van der Waals surface area contributed by atoms with E-state index in [9.17, 15) is 14.9 Å². The van der Waals surface area contributed by atoms with Gasteiger partial charge in [-0.1, -0.05) is 30.3 Å². The molecule has 0 fully saturated rings. The van der Waals surface area contributed by atoms with Crippen molar-refractivity contribution in [2.45, 2.75) is 6.92 Å². The number of methoxy groups -OCH3 is 1. The number of anilines is 3. The lowest BCUT2D eigenvalue weighted by atomic mass is 10.1. The highest BCUT2D eigenvalue weighted by Gasteiger charge is 2.26. The van der Waals surface area contributed by atoms with E-state index in [2.05, 4.69) is 16.5 Å². The number of para-hydroxylation sites is 2. The molecule has 0 saturated heterocycles. The number of nitriles is 1. The Bertz CT molecular complexity index is 1400. The molecule has 2 heterocycles. The first-order chi connectivity index (χ1) is 16.0. The SMILES string of the molecule is COC(=O)c1ccccc1Nc1sc(C(=O)c2cnn(-c3ccccc3)c2C)c(N)c1C#N. The van der Waals surface area contributed by atoms with Gasteiger partial charge in [-0.05, 0) is 31.2 Å². The van der Waals surface area contributed by atoms with Crippen molar-refractivity contribution in [1.82, 2.24) is 9.78 Å². The summed E-state index contributed by atoms with van der Waals surface area (Å²) in [6.45, 7) is 1.80. The lowest BCUT2D eigenvalue weighted by molar-refractivity contribution is 0.0601. The van der Waals surface area contributed by atoms with Crippen LogP contribution in [-0.4, -0.2) is 28.6 Å². The summed E-state index contributed by atoms with van der Waals surface area (Å²) in [7, 11) is 1.29. The molecule has 2 aromatic heterocycles. The number of benzene rings is 2. The van der Waals surface area contributed by atoms with E-state index in [1.165, 1.54) is 13.3 Å². The number of nitrogens with zero attached hydrogens (tertiary/aromatic N) is 3. The number of aromatic nitrogens is 2. The second kappa shape index (κ2) is 8.98. The number of hydrogen-bond acceptors (Lipinski definition) is 8. The van der Waals surface area contributed by atoms with Gasteiger partial charge >= 0.3 is 5.97 Å². The number of ether oxygens (including phenoxy) is 1. The molecule has 2 aromatic carbocycles. The van der Waals surface area contributed by atoms with Crippen molar-refractivity contribution in [3.05, 3.63) is 88.1 Å². The fraction of sp³-hybridized carbons (Fsp3) is 0.0833. The summed E-state index contributed by atoms with van der Waals surface area (Å²) in [4.78, 5) is 25.7. The van der Waals surface area contributed by atoms with Gasteiger partial charge in [0.1, 0.15) is 21.5 Å². The molecule has 164 valence electrons. The summed E-state index contributed by atoms with van der Waals surface area (Å²) >= 11 is 1.05. The molecule has 0 aliphatic carbocycles. The van der Waals surface area contributed by atoms with E-state index in [-0.39, 0.29) is 21.9 Å². The van der Waals surface area contributed by atoms with E-state index in [0.717, 1.165) is 17.0 Å².